The fraction of sp³-hybridized carbons (Fsp3) is 0.400. The fourth-order valence-electron chi connectivity index (χ4n) is 3.67. The van der Waals surface area contributed by atoms with Gasteiger partial charge in [0.15, 0.2) is 9.84 Å². The van der Waals surface area contributed by atoms with E-state index in [2.05, 4.69) is 10.3 Å². The Bertz CT molecular complexity index is 1280. The highest BCUT2D eigenvalue weighted by Gasteiger charge is 2.42. The van der Waals surface area contributed by atoms with E-state index in [9.17, 15) is 18.0 Å². The number of pyridine rings is 1. The predicted molar refractivity (Wildman–Crippen MR) is 127 cm³/mol. The molecule has 0 radical (unpaired) electrons. The minimum absolute atomic E-state index is 0.0498. The zero-order valence-corrected chi connectivity index (χ0v) is 19.6. The largest absolute Gasteiger partial charge is 0.369 e. The van der Waals surface area contributed by atoms with E-state index >= 15 is 0 Å². The SMILES string of the molecule is CCCNc1nc2ccc(C)cn2c(=O)c1C=C1SC(=S)N(C2CCS(=O)(=O)C2)C1=O. The number of amides is 1. The lowest BCUT2D eigenvalue weighted by Crippen LogP contribution is -2.39. The number of carbonyl (C=O) groups is 1. The van der Waals surface area contributed by atoms with E-state index in [1.54, 1.807) is 12.3 Å². The van der Waals surface area contributed by atoms with Crippen LogP contribution in [-0.2, 0) is 14.6 Å². The molecule has 2 aromatic rings. The summed E-state index contributed by atoms with van der Waals surface area (Å²) in [5.41, 5.74) is 1.40. The van der Waals surface area contributed by atoms with E-state index in [4.69, 9.17) is 12.2 Å². The van der Waals surface area contributed by atoms with Gasteiger partial charge in [-0.25, -0.2) is 13.4 Å². The molecular weight excluding hydrogens is 456 g/mol. The van der Waals surface area contributed by atoms with Gasteiger partial charge in [-0.15, -0.1) is 0 Å². The number of aryl methyl sites for hydroxylation is 1. The molecule has 2 aromatic heterocycles. The summed E-state index contributed by atoms with van der Waals surface area (Å²) in [6.07, 6.45) is 4.43. The highest BCUT2D eigenvalue weighted by molar-refractivity contribution is 8.26. The molecule has 4 heterocycles. The van der Waals surface area contributed by atoms with E-state index in [0.29, 0.717) is 33.7 Å². The van der Waals surface area contributed by atoms with Gasteiger partial charge in [-0.1, -0.05) is 37.0 Å². The smallest absolute Gasteiger partial charge is 0.267 e. The number of fused-ring (bicyclic) bond motifs is 1. The minimum atomic E-state index is -3.16. The first-order chi connectivity index (χ1) is 14.7. The van der Waals surface area contributed by atoms with Crippen LogP contribution in [0.1, 0.15) is 30.9 Å². The summed E-state index contributed by atoms with van der Waals surface area (Å²) in [4.78, 5) is 32.6. The van der Waals surface area contributed by atoms with E-state index in [1.807, 2.05) is 19.9 Å². The van der Waals surface area contributed by atoms with Crippen LogP contribution in [0.2, 0.25) is 0 Å². The first-order valence-electron chi connectivity index (χ1n) is 9.94. The molecule has 1 amide bonds. The topological polar surface area (TPSA) is 101 Å². The summed E-state index contributed by atoms with van der Waals surface area (Å²) in [5, 5.41) is 3.17. The molecule has 0 saturated carbocycles. The first-order valence-corrected chi connectivity index (χ1v) is 13.0. The molecule has 0 aliphatic carbocycles. The first kappa shape index (κ1) is 22.0. The van der Waals surface area contributed by atoms with Gasteiger partial charge in [-0.2, -0.15) is 0 Å². The van der Waals surface area contributed by atoms with Crippen LogP contribution < -0.4 is 10.9 Å². The average molecular weight is 479 g/mol. The van der Waals surface area contributed by atoms with E-state index in [1.165, 1.54) is 15.4 Å². The summed E-state index contributed by atoms with van der Waals surface area (Å²) in [5.74, 6) is 0.000556. The molecule has 2 fully saturated rings. The van der Waals surface area contributed by atoms with Gasteiger partial charge in [0.25, 0.3) is 11.5 Å². The molecule has 2 saturated heterocycles. The molecule has 4 rings (SSSR count). The van der Waals surface area contributed by atoms with Gasteiger partial charge in [0.2, 0.25) is 0 Å². The predicted octanol–water partition coefficient (Wildman–Crippen LogP) is 2.21. The number of hydrogen-bond donors (Lipinski definition) is 1. The van der Waals surface area contributed by atoms with Crippen LogP contribution in [0.3, 0.4) is 0 Å². The molecule has 1 atom stereocenters. The molecule has 11 heteroatoms. The van der Waals surface area contributed by atoms with Gasteiger partial charge >= 0.3 is 0 Å². The highest BCUT2D eigenvalue weighted by Crippen LogP contribution is 2.36. The molecule has 2 aliphatic rings. The van der Waals surface area contributed by atoms with Crippen LogP contribution in [0.15, 0.2) is 28.0 Å². The van der Waals surface area contributed by atoms with Crippen molar-refractivity contribution in [2.24, 2.45) is 0 Å². The van der Waals surface area contributed by atoms with Crippen molar-refractivity contribution in [2.45, 2.75) is 32.7 Å². The third kappa shape index (κ3) is 4.26. The highest BCUT2D eigenvalue weighted by atomic mass is 32.2. The Morgan fingerprint density at radius 1 is 1.35 bits per heavy atom. The number of thiocarbonyl (C=S) groups is 1. The second-order valence-corrected chi connectivity index (χ2v) is 11.6. The number of thioether (sulfide) groups is 1. The Hall–Kier alpha value is -2.24. The number of rotatable bonds is 5. The lowest BCUT2D eigenvalue weighted by Gasteiger charge is -2.20. The third-order valence-corrected chi connectivity index (χ3v) is 8.30. The summed E-state index contributed by atoms with van der Waals surface area (Å²) in [6.45, 7) is 4.51. The normalized spacial score (nSPS) is 22.1. The molecule has 1 unspecified atom stereocenters. The second-order valence-electron chi connectivity index (χ2n) is 7.65. The van der Waals surface area contributed by atoms with E-state index in [0.717, 1.165) is 23.7 Å². The van der Waals surface area contributed by atoms with Crippen molar-refractivity contribution in [1.82, 2.24) is 14.3 Å². The number of nitrogens with zero attached hydrogens (tertiary/aromatic N) is 3. The van der Waals surface area contributed by atoms with Crippen molar-refractivity contribution in [3.63, 3.8) is 0 Å². The van der Waals surface area contributed by atoms with Gasteiger partial charge in [0, 0.05) is 12.7 Å². The number of carbonyl (C=O) groups excluding carboxylic acids is 1. The van der Waals surface area contributed by atoms with Gasteiger partial charge in [0.1, 0.15) is 15.8 Å². The summed E-state index contributed by atoms with van der Waals surface area (Å²) in [6, 6.07) is 3.20. The zero-order valence-electron chi connectivity index (χ0n) is 17.1. The molecule has 2 aliphatic heterocycles. The monoisotopic (exact) mass is 478 g/mol. The Kier molecular flexibility index (Phi) is 5.93. The Morgan fingerprint density at radius 2 is 2.13 bits per heavy atom. The van der Waals surface area contributed by atoms with Crippen LogP contribution in [0.4, 0.5) is 5.82 Å². The third-order valence-electron chi connectivity index (χ3n) is 5.22. The van der Waals surface area contributed by atoms with E-state index in [-0.39, 0.29) is 28.5 Å². The maximum absolute atomic E-state index is 13.3. The van der Waals surface area contributed by atoms with Crippen molar-refractivity contribution < 1.29 is 13.2 Å². The quantitative estimate of drug-likeness (QED) is 0.516. The molecule has 0 bridgehead atoms. The molecule has 1 N–H and O–H groups in total. The van der Waals surface area contributed by atoms with Crippen molar-refractivity contribution >= 4 is 61.6 Å². The lowest BCUT2D eigenvalue weighted by molar-refractivity contribution is -0.123. The van der Waals surface area contributed by atoms with Crippen molar-refractivity contribution in [3.05, 3.63) is 44.7 Å². The molecule has 0 spiro atoms. The van der Waals surface area contributed by atoms with Crippen LogP contribution in [0, 0.1) is 6.92 Å². The van der Waals surface area contributed by atoms with Crippen LogP contribution in [-0.4, -0.2) is 57.0 Å². The average Bonchev–Trinajstić information content (AvgIpc) is 3.20. The standard InChI is InChI=1S/C20H22N4O4S3/c1-3-7-21-17-14(18(25)23-10-12(2)4-5-16(23)22-17)9-15-19(26)24(20(29)30-15)13-6-8-31(27,28)11-13/h4-5,9-10,13,21H,3,6-8,11H2,1-2H3. The number of sulfone groups is 1. The van der Waals surface area contributed by atoms with Crippen LogP contribution in [0.5, 0.6) is 0 Å². The molecular formula is C20H22N4O4S3. The summed E-state index contributed by atoms with van der Waals surface area (Å²) in [7, 11) is -3.16. The van der Waals surface area contributed by atoms with Gasteiger partial charge in [-0.3, -0.25) is 18.9 Å². The molecule has 31 heavy (non-hydrogen) atoms. The van der Waals surface area contributed by atoms with Crippen LogP contribution >= 0.6 is 24.0 Å². The Balaban J connectivity index is 1.77. The number of aromatic nitrogens is 2. The zero-order chi connectivity index (χ0) is 22.3. The maximum atomic E-state index is 13.3. The van der Waals surface area contributed by atoms with Gasteiger partial charge in [0.05, 0.1) is 28.0 Å². The summed E-state index contributed by atoms with van der Waals surface area (Å²) < 4.78 is 25.5. The molecule has 0 aromatic carbocycles. The van der Waals surface area contributed by atoms with Crippen molar-refractivity contribution in [1.29, 1.82) is 0 Å². The number of nitrogens with one attached hydrogen (secondary N) is 1. The van der Waals surface area contributed by atoms with E-state index < -0.39 is 15.9 Å². The number of hydrogen-bond acceptors (Lipinski definition) is 8. The van der Waals surface area contributed by atoms with Gasteiger partial charge < -0.3 is 5.32 Å². The van der Waals surface area contributed by atoms with Crippen molar-refractivity contribution in [3.8, 4) is 0 Å². The Morgan fingerprint density at radius 3 is 2.81 bits per heavy atom. The molecule has 164 valence electrons. The van der Waals surface area contributed by atoms with Crippen molar-refractivity contribution in [2.75, 3.05) is 23.4 Å². The summed E-state index contributed by atoms with van der Waals surface area (Å²) >= 11 is 6.45. The fourth-order valence-corrected chi connectivity index (χ4v) is 6.75. The van der Waals surface area contributed by atoms with Crippen LogP contribution in [0.25, 0.3) is 11.7 Å². The van der Waals surface area contributed by atoms with Gasteiger partial charge in [-0.05, 0) is 37.5 Å². The Labute approximate surface area is 189 Å². The maximum Gasteiger partial charge on any atom is 0.267 e. The minimum Gasteiger partial charge on any atom is -0.369 e. The molecule has 8 nitrogen and oxygen atoms in total. The lowest BCUT2D eigenvalue weighted by atomic mass is 10.2. The second kappa shape index (κ2) is 8.36. The number of anilines is 1.